The van der Waals surface area contributed by atoms with Crippen LogP contribution < -0.4 is 5.32 Å². The molecule has 0 saturated heterocycles. The molecule has 0 bridgehead atoms. The number of nitrogens with one attached hydrogen (secondary N) is 1. The minimum Gasteiger partial charge on any atom is -0.467 e. The number of carbonyl (C=O) groups is 2. The Hall–Kier alpha value is -4.07. The van der Waals surface area contributed by atoms with Gasteiger partial charge in [0, 0.05) is 32.0 Å². The van der Waals surface area contributed by atoms with Crippen LogP contribution in [-0.2, 0) is 35.0 Å². The molecule has 14 heteroatoms. The molecule has 0 aliphatic carbocycles. The van der Waals surface area contributed by atoms with Crippen molar-refractivity contribution in [3.05, 3.63) is 89.1 Å². The second kappa shape index (κ2) is 14.2. The number of nitrogens with zero attached hydrogens (tertiary/aromatic N) is 2. The molecule has 0 atom stereocenters. The molecule has 228 valence electrons. The van der Waals surface area contributed by atoms with Gasteiger partial charge < -0.3 is 24.3 Å². The maximum atomic E-state index is 13.4. The van der Waals surface area contributed by atoms with Crippen LogP contribution in [0.5, 0.6) is 0 Å². The zero-order valence-corrected chi connectivity index (χ0v) is 22.4. The van der Waals surface area contributed by atoms with Gasteiger partial charge in [-0.3, -0.25) is 4.79 Å². The third kappa shape index (κ3) is 9.79. The van der Waals surface area contributed by atoms with E-state index in [0.717, 1.165) is 4.90 Å². The Morgan fingerprint density at radius 2 is 1.55 bits per heavy atom. The van der Waals surface area contributed by atoms with Crippen molar-refractivity contribution >= 4 is 17.6 Å². The summed E-state index contributed by atoms with van der Waals surface area (Å²) in [7, 11) is 0. The summed E-state index contributed by atoms with van der Waals surface area (Å²) < 4.78 is 104. The second-order valence-electron chi connectivity index (χ2n) is 9.15. The van der Waals surface area contributed by atoms with Crippen molar-refractivity contribution in [2.24, 2.45) is 0 Å². The Balaban J connectivity index is 1.86. The van der Waals surface area contributed by atoms with E-state index < -0.39 is 53.5 Å². The fourth-order valence-corrected chi connectivity index (χ4v) is 3.88. The number of hydrogen-bond donors (Lipinski definition) is 1. The van der Waals surface area contributed by atoms with Crippen LogP contribution in [0.25, 0.3) is 0 Å². The molecule has 0 radical (unpaired) electrons. The van der Waals surface area contributed by atoms with E-state index in [9.17, 15) is 40.3 Å². The number of carbonyl (C=O) groups excluding carboxylic acids is 2. The van der Waals surface area contributed by atoms with E-state index >= 15 is 0 Å². The van der Waals surface area contributed by atoms with Gasteiger partial charge in [-0.15, -0.1) is 0 Å². The van der Waals surface area contributed by atoms with Crippen LogP contribution >= 0.6 is 0 Å². The van der Waals surface area contributed by atoms with Crippen molar-refractivity contribution in [2.75, 3.05) is 31.6 Å². The summed E-state index contributed by atoms with van der Waals surface area (Å²) in [5.74, 6) is -0.688. The van der Waals surface area contributed by atoms with E-state index in [2.05, 4.69) is 5.32 Å². The van der Waals surface area contributed by atoms with Gasteiger partial charge in [-0.25, -0.2) is 9.18 Å². The van der Waals surface area contributed by atoms with E-state index in [1.165, 1.54) is 35.4 Å². The highest BCUT2D eigenvalue weighted by atomic mass is 19.4. The van der Waals surface area contributed by atoms with Crippen LogP contribution in [0.2, 0.25) is 0 Å². The maximum absolute atomic E-state index is 13.4. The summed E-state index contributed by atoms with van der Waals surface area (Å²) in [5.41, 5.74) is -3.39. The zero-order valence-electron chi connectivity index (χ0n) is 22.4. The second-order valence-corrected chi connectivity index (χ2v) is 9.15. The number of anilines is 1. The lowest BCUT2D eigenvalue weighted by Gasteiger charge is -2.28. The first-order valence-electron chi connectivity index (χ1n) is 12.7. The van der Waals surface area contributed by atoms with Crippen molar-refractivity contribution in [2.45, 2.75) is 38.8 Å². The summed E-state index contributed by atoms with van der Waals surface area (Å²) in [6.07, 6.45) is -8.60. The number of alkyl halides is 6. The first kappa shape index (κ1) is 32.4. The molecule has 1 heterocycles. The van der Waals surface area contributed by atoms with Crippen LogP contribution in [0.3, 0.4) is 0 Å². The number of rotatable bonds is 12. The largest absolute Gasteiger partial charge is 0.467 e. The predicted molar refractivity (Wildman–Crippen MR) is 138 cm³/mol. The van der Waals surface area contributed by atoms with Crippen molar-refractivity contribution in [3.8, 4) is 0 Å². The molecule has 0 aliphatic rings. The van der Waals surface area contributed by atoms with Gasteiger partial charge in [0.2, 0.25) is 5.91 Å². The highest BCUT2D eigenvalue weighted by Gasteiger charge is 2.37. The van der Waals surface area contributed by atoms with Crippen LogP contribution in [0, 0.1) is 5.82 Å². The van der Waals surface area contributed by atoms with Crippen LogP contribution in [0.4, 0.5) is 41.2 Å². The van der Waals surface area contributed by atoms with Gasteiger partial charge in [0.25, 0.3) is 0 Å². The molecule has 0 unspecified atom stereocenters. The summed E-state index contributed by atoms with van der Waals surface area (Å²) in [5, 5.41) is 2.07. The van der Waals surface area contributed by atoms with Crippen molar-refractivity contribution in [1.29, 1.82) is 0 Å². The Labute approximate surface area is 236 Å². The van der Waals surface area contributed by atoms with Crippen molar-refractivity contribution in [1.82, 2.24) is 9.80 Å². The van der Waals surface area contributed by atoms with E-state index in [1.54, 1.807) is 19.1 Å². The monoisotopic (exact) mass is 603 g/mol. The molecule has 1 N–H and O–H groups in total. The number of furan rings is 1. The summed E-state index contributed by atoms with van der Waals surface area (Å²) in [6.45, 7) is 1.57. The number of benzene rings is 2. The standard InChI is InChI=1S/C28H28F7N3O4/c1-2-41-11-4-10-37(26(40)36-23-14-20(27(30,31)32)13-21(15-23)28(33,34)35)18-25(39)38(17-24-5-3-12-42-24)16-19-6-8-22(29)9-7-19/h3,5-9,12-15H,2,4,10-11,16-18H2,1H3,(H,36,40). The highest BCUT2D eigenvalue weighted by molar-refractivity contribution is 5.92. The molecule has 3 aromatic rings. The average molecular weight is 604 g/mol. The summed E-state index contributed by atoms with van der Waals surface area (Å²) in [6, 6.07) is 8.19. The number of amides is 3. The molecule has 3 rings (SSSR count). The fourth-order valence-electron chi connectivity index (χ4n) is 3.88. The minimum atomic E-state index is -5.11. The molecule has 0 aliphatic heterocycles. The van der Waals surface area contributed by atoms with Gasteiger partial charge in [-0.1, -0.05) is 12.1 Å². The van der Waals surface area contributed by atoms with Gasteiger partial charge in [0.15, 0.2) is 0 Å². The van der Waals surface area contributed by atoms with E-state index in [1.807, 2.05) is 0 Å². The molecule has 0 spiro atoms. The smallest absolute Gasteiger partial charge is 0.416 e. The molecular weight excluding hydrogens is 575 g/mol. The molecule has 0 saturated carbocycles. The number of urea groups is 1. The van der Waals surface area contributed by atoms with Crippen LogP contribution in [0.1, 0.15) is 35.8 Å². The van der Waals surface area contributed by atoms with Gasteiger partial charge in [-0.2, -0.15) is 26.3 Å². The Morgan fingerprint density at radius 1 is 0.905 bits per heavy atom. The number of hydrogen-bond acceptors (Lipinski definition) is 4. The summed E-state index contributed by atoms with van der Waals surface area (Å²) in [4.78, 5) is 28.9. The number of halogens is 7. The first-order valence-corrected chi connectivity index (χ1v) is 12.7. The lowest BCUT2D eigenvalue weighted by Crippen LogP contribution is -2.44. The SMILES string of the molecule is CCOCCCN(CC(=O)N(Cc1ccc(F)cc1)Cc1ccco1)C(=O)Nc1cc(C(F)(F)F)cc(C(F)(F)F)c1. The minimum absolute atomic E-state index is 0.00319. The van der Waals surface area contributed by atoms with Crippen molar-refractivity contribution < 1.29 is 49.5 Å². The molecule has 42 heavy (non-hydrogen) atoms. The van der Waals surface area contributed by atoms with E-state index in [-0.39, 0.29) is 38.7 Å². The fraction of sp³-hybridized carbons (Fsp3) is 0.357. The van der Waals surface area contributed by atoms with E-state index in [0.29, 0.717) is 30.1 Å². The lowest BCUT2D eigenvalue weighted by atomic mass is 10.1. The first-order chi connectivity index (χ1) is 19.8. The van der Waals surface area contributed by atoms with Crippen LogP contribution in [-0.4, -0.2) is 48.0 Å². The topological polar surface area (TPSA) is 75.0 Å². The van der Waals surface area contributed by atoms with Gasteiger partial charge in [0.05, 0.1) is 23.9 Å². The molecular formula is C28H28F7N3O4. The highest BCUT2D eigenvalue weighted by Crippen LogP contribution is 2.37. The van der Waals surface area contributed by atoms with Gasteiger partial charge in [-0.05, 0) is 61.4 Å². The van der Waals surface area contributed by atoms with Gasteiger partial charge in [0.1, 0.15) is 18.1 Å². The molecule has 1 aromatic heterocycles. The quantitative estimate of drug-likeness (QED) is 0.180. The van der Waals surface area contributed by atoms with E-state index in [4.69, 9.17) is 9.15 Å². The van der Waals surface area contributed by atoms with Crippen LogP contribution in [0.15, 0.2) is 65.3 Å². The molecule has 7 nitrogen and oxygen atoms in total. The Bertz CT molecular complexity index is 1280. The molecule has 0 fully saturated rings. The normalized spacial score (nSPS) is 11.8. The summed E-state index contributed by atoms with van der Waals surface area (Å²) >= 11 is 0. The third-order valence-corrected chi connectivity index (χ3v) is 5.94. The third-order valence-electron chi connectivity index (χ3n) is 5.94. The number of ether oxygens (including phenoxy) is 1. The van der Waals surface area contributed by atoms with Crippen molar-refractivity contribution in [3.63, 3.8) is 0 Å². The predicted octanol–water partition coefficient (Wildman–Crippen LogP) is 6.95. The lowest BCUT2D eigenvalue weighted by molar-refractivity contribution is -0.143. The molecule has 2 aromatic carbocycles. The van der Waals surface area contributed by atoms with Gasteiger partial charge >= 0.3 is 18.4 Å². The average Bonchev–Trinajstić information content (AvgIpc) is 3.43. The zero-order chi connectivity index (χ0) is 30.9. The maximum Gasteiger partial charge on any atom is 0.416 e. The Kier molecular flexibility index (Phi) is 11.0. The molecule has 3 amide bonds. The Morgan fingerprint density at radius 3 is 2.10 bits per heavy atom.